The summed E-state index contributed by atoms with van der Waals surface area (Å²) in [5.41, 5.74) is -1.21. The molecule has 4 rings (SSSR count). The molecule has 2 fully saturated rings. The first-order valence-electron chi connectivity index (χ1n) is 13.1. The first kappa shape index (κ1) is 29.7. The summed E-state index contributed by atoms with van der Waals surface area (Å²) in [6.45, 7) is 3.78. The zero-order valence-corrected chi connectivity index (χ0v) is 22.3. The molecule has 2 aromatic rings. The van der Waals surface area contributed by atoms with Gasteiger partial charge < -0.3 is 24.7 Å². The van der Waals surface area contributed by atoms with Crippen LogP contribution in [-0.4, -0.2) is 88.0 Å². The number of halogens is 4. The van der Waals surface area contributed by atoms with Gasteiger partial charge in [-0.1, -0.05) is 6.07 Å². The fourth-order valence-electron chi connectivity index (χ4n) is 5.09. The lowest BCUT2D eigenvalue weighted by Gasteiger charge is -2.38. The molecule has 0 bridgehead atoms. The SMILES string of the molecule is CC(C)(CN1CCC(COc2ccc(-c3ccc(C(=O)N4CC(O)CC4C(=O)O)c(F)c3)nc2)CC1)C(F)(F)F. The summed E-state index contributed by atoms with van der Waals surface area (Å²) in [6.07, 6.45) is -2.39. The molecule has 0 radical (unpaired) electrons. The van der Waals surface area contributed by atoms with Crippen LogP contribution in [0.4, 0.5) is 17.6 Å². The molecule has 8 nitrogen and oxygen atoms in total. The van der Waals surface area contributed by atoms with Gasteiger partial charge in [0.2, 0.25) is 0 Å². The summed E-state index contributed by atoms with van der Waals surface area (Å²) in [6, 6.07) is 6.03. The van der Waals surface area contributed by atoms with Crippen LogP contribution in [0.5, 0.6) is 5.75 Å². The van der Waals surface area contributed by atoms with E-state index in [9.17, 15) is 37.4 Å². The Morgan fingerprint density at radius 2 is 1.82 bits per heavy atom. The number of carbonyl (C=O) groups is 2. The summed E-state index contributed by atoms with van der Waals surface area (Å²) >= 11 is 0. The average molecular weight is 568 g/mol. The molecule has 1 amide bonds. The minimum atomic E-state index is -4.25. The van der Waals surface area contributed by atoms with Gasteiger partial charge in [0.1, 0.15) is 17.6 Å². The Kier molecular flexibility index (Phi) is 8.69. The predicted octanol–water partition coefficient (Wildman–Crippen LogP) is 4.23. The van der Waals surface area contributed by atoms with Gasteiger partial charge in [-0.15, -0.1) is 0 Å². The average Bonchev–Trinajstić information content (AvgIpc) is 3.29. The number of carbonyl (C=O) groups excluding carboxylic acids is 1. The number of aliphatic carboxylic acids is 1. The van der Waals surface area contributed by atoms with Crippen molar-refractivity contribution in [1.29, 1.82) is 0 Å². The Hall–Kier alpha value is -3.25. The van der Waals surface area contributed by atoms with Crippen LogP contribution in [0.1, 0.15) is 43.5 Å². The predicted molar refractivity (Wildman–Crippen MR) is 137 cm³/mol. The van der Waals surface area contributed by atoms with E-state index in [0.29, 0.717) is 36.7 Å². The molecule has 2 N–H and O–H groups in total. The molecule has 0 saturated carbocycles. The molecule has 12 heteroatoms. The smallest absolute Gasteiger partial charge is 0.395 e. The zero-order valence-electron chi connectivity index (χ0n) is 22.3. The number of aromatic nitrogens is 1. The van der Waals surface area contributed by atoms with E-state index in [1.807, 2.05) is 4.90 Å². The fourth-order valence-corrected chi connectivity index (χ4v) is 5.09. The lowest BCUT2D eigenvalue weighted by Crippen LogP contribution is -2.46. The maximum Gasteiger partial charge on any atom is 0.395 e. The van der Waals surface area contributed by atoms with E-state index >= 15 is 0 Å². The van der Waals surface area contributed by atoms with E-state index in [1.165, 1.54) is 32.2 Å². The summed E-state index contributed by atoms with van der Waals surface area (Å²) in [7, 11) is 0. The highest BCUT2D eigenvalue weighted by atomic mass is 19.4. The number of rotatable bonds is 8. The number of β-amino-alcohol motifs (C(OH)–C–C–N with tert-alkyl or cyclic N) is 1. The number of likely N-dealkylation sites (tertiary alicyclic amines) is 2. The fraction of sp³-hybridized carbons (Fsp3) is 0.536. The van der Waals surface area contributed by atoms with Crippen LogP contribution >= 0.6 is 0 Å². The monoisotopic (exact) mass is 567 g/mol. The number of benzene rings is 1. The molecule has 2 saturated heterocycles. The third-order valence-corrected chi connectivity index (χ3v) is 7.64. The van der Waals surface area contributed by atoms with Gasteiger partial charge in [0.25, 0.3) is 5.91 Å². The minimum Gasteiger partial charge on any atom is -0.492 e. The molecule has 40 heavy (non-hydrogen) atoms. The Balaban J connectivity index is 1.30. The van der Waals surface area contributed by atoms with E-state index in [-0.39, 0.29) is 31.0 Å². The second-order valence-corrected chi connectivity index (χ2v) is 11.2. The normalized spacial score (nSPS) is 21.0. The lowest BCUT2D eigenvalue weighted by molar-refractivity contribution is -0.217. The molecule has 218 valence electrons. The summed E-state index contributed by atoms with van der Waals surface area (Å²) in [4.78, 5) is 31.3. The molecule has 2 atom stereocenters. The van der Waals surface area contributed by atoms with Crippen molar-refractivity contribution in [3.63, 3.8) is 0 Å². The van der Waals surface area contributed by atoms with E-state index in [2.05, 4.69) is 4.98 Å². The van der Waals surface area contributed by atoms with Crippen molar-refractivity contribution in [2.75, 3.05) is 32.8 Å². The number of ether oxygens (including phenoxy) is 1. The van der Waals surface area contributed by atoms with E-state index < -0.39 is 41.4 Å². The standard InChI is InChI=1S/C28H33F4N3O5/c1-27(2,28(30,31)32)16-34-9-7-17(8-10-34)15-40-20-4-6-23(33-13-20)18-3-5-21(22(29)11-18)25(37)35-14-19(36)12-24(35)26(38)39/h3-6,11,13,17,19,24,36H,7-10,12,14-16H2,1-2H3,(H,38,39). The highest BCUT2D eigenvalue weighted by Gasteiger charge is 2.48. The number of aliphatic hydroxyl groups is 1. The molecular formula is C28H33F4N3O5. The summed E-state index contributed by atoms with van der Waals surface area (Å²) < 4.78 is 60.2. The molecule has 3 heterocycles. The first-order chi connectivity index (χ1) is 18.7. The topological polar surface area (TPSA) is 103 Å². The molecule has 2 aliphatic rings. The quantitative estimate of drug-likeness (QED) is 0.461. The van der Waals surface area contributed by atoms with Crippen molar-refractivity contribution >= 4 is 11.9 Å². The third-order valence-electron chi connectivity index (χ3n) is 7.64. The van der Waals surface area contributed by atoms with Crippen LogP contribution in [0.15, 0.2) is 36.5 Å². The van der Waals surface area contributed by atoms with Crippen LogP contribution < -0.4 is 4.74 Å². The van der Waals surface area contributed by atoms with Gasteiger partial charge in [0, 0.05) is 25.1 Å². The van der Waals surface area contributed by atoms with Gasteiger partial charge in [0.05, 0.1) is 35.6 Å². The van der Waals surface area contributed by atoms with E-state index in [0.717, 1.165) is 23.8 Å². The van der Waals surface area contributed by atoms with Crippen LogP contribution in [0.2, 0.25) is 0 Å². The minimum absolute atomic E-state index is 0.0323. The number of carboxylic acid groups (broad SMARTS) is 1. The number of aliphatic hydroxyl groups excluding tert-OH is 1. The summed E-state index contributed by atoms with van der Waals surface area (Å²) in [5, 5.41) is 19.1. The number of amides is 1. The number of hydrogen-bond acceptors (Lipinski definition) is 6. The largest absolute Gasteiger partial charge is 0.492 e. The zero-order chi connectivity index (χ0) is 29.2. The summed E-state index contributed by atoms with van der Waals surface area (Å²) in [5.74, 6) is -2.19. The van der Waals surface area contributed by atoms with Gasteiger partial charge in [-0.2, -0.15) is 13.2 Å². The van der Waals surface area contributed by atoms with Crippen molar-refractivity contribution in [3.8, 4) is 17.0 Å². The Bertz CT molecular complexity index is 1210. The molecule has 0 spiro atoms. The van der Waals surface area contributed by atoms with Gasteiger partial charge in [-0.3, -0.25) is 9.78 Å². The second-order valence-electron chi connectivity index (χ2n) is 11.2. The number of hydrogen-bond donors (Lipinski definition) is 2. The number of pyridine rings is 1. The molecule has 1 aromatic carbocycles. The van der Waals surface area contributed by atoms with Gasteiger partial charge in [-0.25, -0.2) is 9.18 Å². The number of piperidine rings is 1. The van der Waals surface area contributed by atoms with Gasteiger partial charge >= 0.3 is 12.1 Å². The molecular weight excluding hydrogens is 534 g/mol. The van der Waals surface area contributed by atoms with Gasteiger partial charge in [-0.05, 0) is 70.0 Å². The van der Waals surface area contributed by atoms with Crippen molar-refractivity contribution in [1.82, 2.24) is 14.8 Å². The highest BCUT2D eigenvalue weighted by molar-refractivity contribution is 5.97. The van der Waals surface area contributed by atoms with Crippen LogP contribution in [0.3, 0.4) is 0 Å². The number of carboxylic acids is 1. The van der Waals surface area contributed by atoms with Crippen LogP contribution in [-0.2, 0) is 4.79 Å². The van der Waals surface area contributed by atoms with E-state index in [4.69, 9.17) is 4.74 Å². The first-order valence-corrected chi connectivity index (χ1v) is 13.1. The molecule has 0 aliphatic carbocycles. The Morgan fingerprint density at radius 1 is 1.12 bits per heavy atom. The number of nitrogens with zero attached hydrogens (tertiary/aromatic N) is 3. The lowest BCUT2D eigenvalue weighted by atomic mass is 9.89. The Labute approximate surface area is 229 Å². The second kappa shape index (κ2) is 11.7. The van der Waals surface area contributed by atoms with Gasteiger partial charge in [0.15, 0.2) is 0 Å². The van der Waals surface area contributed by atoms with E-state index in [1.54, 1.807) is 12.1 Å². The molecule has 2 aliphatic heterocycles. The maximum absolute atomic E-state index is 14.9. The highest BCUT2D eigenvalue weighted by Crippen LogP contribution is 2.38. The van der Waals surface area contributed by atoms with Crippen LogP contribution in [0, 0.1) is 17.2 Å². The van der Waals surface area contributed by atoms with Crippen molar-refractivity contribution in [2.24, 2.45) is 11.3 Å². The third kappa shape index (κ3) is 6.72. The number of alkyl halides is 3. The Morgan fingerprint density at radius 3 is 2.40 bits per heavy atom. The van der Waals surface area contributed by atoms with Crippen LogP contribution in [0.25, 0.3) is 11.3 Å². The molecule has 2 unspecified atom stereocenters. The maximum atomic E-state index is 14.9. The van der Waals surface area contributed by atoms with Crippen molar-refractivity contribution < 1.29 is 42.1 Å². The van der Waals surface area contributed by atoms with Crippen molar-refractivity contribution in [2.45, 2.75) is 51.4 Å². The van der Waals surface area contributed by atoms with Crippen molar-refractivity contribution in [3.05, 3.63) is 47.9 Å². The molecule has 1 aromatic heterocycles.